The summed E-state index contributed by atoms with van der Waals surface area (Å²) in [6, 6.07) is 5.99. The molecular formula is C12H16ClNO4S. The van der Waals surface area contributed by atoms with Gasteiger partial charge in [-0.1, -0.05) is 17.7 Å². The number of ether oxygens (including phenoxy) is 1. The molecule has 0 aliphatic carbocycles. The van der Waals surface area contributed by atoms with E-state index in [9.17, 15) is 13.2 Å². The molecule has 1 aromatic rings. The van der Waals surface area contributed by atoms with Gasteiger partial charge in [0.2, 0.25) is 10.0 Å². The molecule has 0 saturated carbocycles. The molecule has 0 aromatic heterocycles. The van der Waals surface area contributed by atoms with Crippen LogP contribution in [0.15, 0.2) is 29.2 Å². The molecule has 0 spiro atoms. The molecule has 0 fully saturated rings. The fourth-order valence-electron chi connectivity index (χ4n) is 1.41. The molecule has 0 atom stereocenters. The third-order valence-electron chi connectivity index (χ3n) is 2.44. The molecule has 0 radical (unpaired) electrons. The first kappa shape index (κ1) is 15.9. The lowest BCUT2D eigenvalue weighted by molar-refractivity contribution is -0.143. The van der Waals surface area contributed by atoms with Crippen LogP contribution in [0.4, 0.5) is 0 Å². The Morgan fingerprint density at radius 3 is 2.68 bits per heavy atom. The van der Waals surface area contributed by atoms with Crippen molar-refractivity contribution in [3.8, 4) is 0 Å². The molecule has 0 bridgehead atoms. The van der Waals surface area contributed by atoms with E-state index in [1.165, 1.54) is 19.2 Å². The fourth-order valence-corrected chi connectivity index (χ4v) is 2.88. The number of rotatable bonds is 6. The lowest BCUT2D eigenvalue weighted by Gasteiger charge is -2.16. The summed E-state index contributed by atoms with van der Waals surface area (Å²) in [6.45, 7) is 2.04. The van der Waals surface area contributed by atoms with Crippen LogP contribution in [0.5, 0.6) is 0 Å². The van der Waals surface area contributed by atoms with Crippen molar-refractivity contribution in [2.45, 2.75) is 18.2 Å². The second kappa shape index (κ2) is 6.88. The van der Waals surface area contributed by atoms with E-state index in [0.29, 0.717) is 5.02 Å². The minimum absolute atomic E-state index is 0.0180. The number of sulfonamides is 1. The van der Waals surface area contributed by atoms with E-state index in [2.05, 4.69) is 0 Å². The maximum atomic E-state index is 12.2. The molecule has 0 aliphatic heterocycles. The second-order valence-electron chi connectivity index (χ2n) is 3.84. The number of nitrogens with zero attached hydrogens (tertiary/aromatic N) is 1. The normalized spacial score (nSPS) is 11.6. The monoisotopic (exact) mass is 305 g/mol. The van der Waals surface area contributed by atoms with E-state index in [1.54, 1.807) is 19.1 Å². The molecule has 1 aromatic carbocycles. The van der Waals surface area contributed by atoms with E-state index >= 15 is 0 Å². The van der Waals surface area contributed by atoms with Gasteiger partial charge >= 0.3 is 5.97 Å². The van der Waals surface area contributed by atoms with Crippen molar-refractivity contribution < 1.29 is 17.9 Å². The maximum absolute atomic E-state index is 12.2. The number of benzene rings is 1. The minimum atomic E-state index is -3.63. The van der Waals surface area contributed by atoms with Crippen molar-refractivity contribution in [2.24, 2.45) is 0 Å². The highest BCUT2D eigenvalue weighted by Gasteiger charge is 2.21. The van der Waals surface area contributed by atoms with Crippen LogP contribution in [0.25, 0.3) is 0 Å². The quantitative estimate of drug-likeness (QED) is 0.753. The number of hydrogen-bond acceptors (Lipinski definition) is 4. The van der Waals surface area contributed by atoms with Gasteiger partial charge in [0.15, 0.2) is 0 Å². The van der Waals surface area contributed by atoms with Gasteiger partial charge in [0, 0.05) is 18.6 Å². The summed E-state index contributed by atoms with van der Waals surface area (Å²) in [5.74, 6) is -0.421. The molecule has 106 valence electrons. The molecule has 0 heterocycles. The molecular weight excluding hydrogens is 290 g/mol. The molecule has 7 heteroatoms. The third-order valence-corrected chi connectivity index (χ3v) is 4.53. The summed E-state index contributed by atoms with van der Waals surface area (Å²) in [5, 5.41) is 0.347. The predicted octanol–water partition coefficient (Wildman–Crippen LogP) is 1.91. The van der Waals surface area contributed by atoms with Crippen molar-refractivity contribution >= 4 is 27.6 Å². The lowest BCUT2D eigenvalue weighted by Crippen LogP contribution is -2.29. The van der Waals surface area contributed by atoms with Crippen LogP contribution in [-0.4, -0.2) is 38.9 Å². The first-order valence-corrected chi connectivity index (χ1v) is 7.57. The molecule has 19 heavy (non-hydrogen) atoms. The predicted molar refractivity (Wildman–Crippen MR) is 72.5 cm³/mol. The summed E-state index contributed by atoms with van der Waals surface area (Å²) in [4.78, 5) is 11.3. The lowest BCUT2D eigenvalue weighted by atomic mass is 10.4. The van der Waals surface area contributed by atoms with E-state index in [-0.39, 0.29) is 24.5 Å². The highest BCUT2D eigenvalue weighted by molar-refractivity contribution is 7.89. The van der Waals surface area contributed by atoms with Gasteiger partial charge in [-0.2, -0.15) is 0 Å². The van der Waals surface area contributed by atoms with Gasteiger partial charge in [-0.25, -0.2) is 12.7 Å². The third kappa shape index (κ3) is 4.49. The zero-order chi connectivity index (χ0) is 14.5. The minimum Gasteiger partial charge on any atom is -0.466 e. The van der Waals surface area contributed by atoms with Crippen LogP contribution < -0.4 is 0 Å². The zero-order valence-corrected chi connectivity index (χ0v) is 12.4. The summed E-state index contributed by atoms with van der Waals surface area (Å²) >= 11 is 5.77. The molecule has 0 saturated heterocycles. The van der Waals surface area contributed by atoms with E-state index in [1.807, 2.05) is 0 Å². The molecule has 0 unspecified atom stereocenters. The molecule has 0 aliphatic rings. The average molecular weight is 306 g/mol. The van der Waals surface area contributed by atoms with Gasteiger partial charge in [-0.15, -0.1) is 0 Å². The van der Waals surface area contributed by atoms with Gasteiger partial charge in [0.05, 0.1) is 17.9 Å². The van der Waals surface area contributed by atoms with Crippen molar-refractivity contribution in [1.82, 2.24) is 4.31 Å². The van der Waals surface area contributed by atoms with Crippen LogP contribution >= 0.6 is 11.6 Å². The van der Waals surface area contributed by atoms with Crippen molar-refractivity contribution in [1.29, 1.82) is 0 Å². The Bertz CT molecular complexity index is 544. The molecule has 1 rings (SSSR count). The van der Waals surface area contributed by atoms with Crippen LogP contribution in [0.2, 0.25) is 5.02 Å². The standard InChI is InChI=1S/C12H16ClNO4S/c1-3-18-12(15)7-8-14(2)19(16,17)11-6-4-5-10(13)9-11/h4-6,9H,3,7-8H2,1-2H3. The molecule has 0 N–H and O–H groups in total. The van der Waals surface area contributed by atoms with Crippen molar-refractivity contribution in [3.63, 3.8) is 0 Å². The van der Waals surface area contributed by atoms with Gasteiger partial charge in [-0.05, 0) is 25.1 Å². The van der Waals surface area contributed by atoms with E-state index < -0.39 is 16.0 Å². The van der Waals surface area contributed by atoms with Crippen LogP contribution in [0.3, 0.4) is 0 Å². The largest absolute Gasteiger partial charge is 0.466 e. The smallest absolute Gasteiger partial charge is 0.307 e. The number of carbonyl (C=O) groups excluding carboxylic acids is 1. The number of carbonyl (C=O) groups is 1. The maximum Gasteiger partial charge on any atom is 0.307 e. The first-order valence-electron chi connectivity index (χ1n) is 5.75. The Morgan fingerprint density at radius 2 is 2.11 bits per heavy atom. The fraction of sp³-hybridized carbons (Fsp3) is 0.417. The number of halogens is 1. The Kier molecular flexibility index (Phi) is 5.78. The van der Waals surface area contributed by atoms with E-state index in [4.69, 9.17) is 16.3 Å². The van der Waals surface area contributed by atoms with Crippen LogP contribution in [0.1, 0.15) is 13.3 Å². The highest BCUT2D eigenvalue weighted by Crippen LogP contribution is 2.18. The summed E-state index contributed by atoms with van der Waals surface area (Å²) in [6.07, 6.45) is 0.0180. The van der Waals surface area contributed by atoms with Crippen molar-refractivity contribution in [3.05, 3.63) is 29.3 Å². The number of esters is 1. The average Bonchev–Trinajstić information content (AvgIpc) is 2.36. The van der Waals surface area contributed by atoms with Gasteiger partial charge < -0.3 is 4.74 Å². The number of hydrogen-bond donors (Lipinski definition) is 0. The second-order valence-corrected chi connectivity index (χ2v) is 6.32. The van der Waals surface area contributed by atoms with Crippen LogP contribution in [0, 0.1) is 0 Å². The van der Waals surface area contributed by atoms with Gasteiger partial charge in [-0.3, -0.25) is 4.79 Å². The highest BCUT2D eigenvalue weighted by atomic mass is 35.5. The van der Waals surface area contributed by atoms with Crippen LogP contribution in [-0.2, 0) is 19.6 Å². The summed E-state index contributed by atoms with van der Waals surface area (Å²) in [7, 11) is -2.22. The van der Waals surface area contributed by atoms with Gasteiger partial charge in [0.25, 0.3) is 0 Å². The Hall–Kier alpha value is -1.11. The zero-order valence-electron chi connectivity index (χ0n) is 10.8. The Labute approximate surface area is 118 Å². The van der Waals surface area contributed by atoms with Gasteiger partial charge in [0.1, 0.15) is 0 Å². The molecule has 5 nitrogen and oxygen atoms in total. The SMILES string of the molecule is CCOC(=O)CCN(C)S(=O)(=O)c1cccc(Cl)c1. The van der Waals surface area contributed by atoms with Crippen molar-refractivity contribution in [2.75, 3.05) is 20.2 Å². The molecule has 0 amide bonds. The van der Waals surface area contributed by atoms with E-state index in [0.717, 1.165) is 4.31 Å². The summed E-state index contributed by atoms with van der Waals surface area (Å²) < 4.78 is 30.2. The topological polar surface area (TPSA) is 63.7 Å². The first-order chi connectivity index (χ1) is 8.87. The Balaban J connectivity index is 2.75. The summed E-state index contributed by atoms with van der Waals surface area (Å²) in [5.41, 5.74) is 0. The Morgan fingerprint density at radius 1 is 1.42 bits per heavy atom.